The molecule has 0 saturated heterocycles. The molecule has 1 aromatic rings. The fraction of sp³-hybridized carbons (Fsp3) is 0.467. The standard InChI is InChI=1S/C15H23N3O2/c1-9(2)17-15(20)12-5-6-13(10(3)7-12)18-14(19)11(4)8-16/h5-7,9,11H,8,16H2,1-4H3,(H,17,20)(H,18,19). The summed E-state index contributed by atoms with van der Waals surface area (Å²) >= 11 is 0. The van der Waals surface area contributed by atoms with Gasteiger partial charge in [0.2, 0.25) is 5.91 Å². The van der Waals surface area contributed by atoms with E-state index in [0.29, 0.717) is 17.8 Å². The zero-order chi connectivity index (χ0) is 15.3. The maximum absolute atomic E-state index is 11.9. The van der Waals surface area contributed by atoms with Crippen molar-refractivity contribution in [3.8, 4) is 0 Å². The normalized spacial score (nSPS) is 12.1. The Morgan fingerprint density at radius 1 is 1.25 bits per heavy atom. The molecule has 1 rings (SSSR count). The molecule has 110 valence electrons. The lowest BCUT2D eigenvalue weighted by molar-refractivity contribution is -0.119. The van der Waals surface area contributed by atoms with E-state index in [1.165, 1.54) is 0 Å². The van der Waals surface area contributed by atoms with Crippen LogP contribution in [0.2, 0.25) is 0 Å². The third kappa shape index (κ3) is 4.35. The molecule has 5 nitrogen and oxygen atoms in total. The molecule has 0 aliphatic heterocycles. The maximum atomic E-state index is 11.9. The summed E-state index contributed by atoms with van der Waals surface area (Å²) < 4.78 is 0. The summed E-state index contributed by atoms with van der Waals surface area (Å²) in [5.74, 6) is -0.468. The molecule has 0 heterocycles. The van der Waals surface area contributed by atoms with Gasteiger partial charge >= 0.3 is 0 Å². The number of benzene rings is 1. The Balaban J connectivity index is 2.83. The van der Waals surface area contributed by atoms with Crippen LogP contribution in [0.25, 0.3) is 0 Å². The van der Waals surface area contributed by atoms with Crippen LogP contribution in [-0.2, 0) is 4.79 Å². The molecule has 5 heteroatoms. The van der Waals surface area contributed by atoms with E-state index >= 15 is 0 Å². The predicted molar refractivity (Wildman–Crippen MR) is 80.6 cm³/mol. The summed E-state index contributed by atoms with van der Waals surface area (Å²) in [6.45, 7) is 7.75. The van der Waals surface area contributed by atoms with Crippen molar-refractivity contribution >= 4 is 17.5 Å². The van der Waals surface area contributed by atoms with Crippen LogP contribution < -0.4 is 16.4 Å². The van der Waals surface area contributed by atoms with Crippen LogP contribution in [-0.4, -0.2) is 24.4 Å². The van der Waals surface area contributed by atoms with E-state index in [9.17, 15) is 9.59 Å². The molecule has 0 saturated carbocycles. The Morgan fingerprint density at radius 3 is 2.40 bits per heavy atom. The van der Waals surface area contributed by atoms with Gasteiger partial charge in [-0.25, -0.2) is 0 Å². The summed E-state index contributed by atoms with van der Waals surface area (Å²) in [6.07, 6.45) is 0. The van der Waals surface area contributed by atoms with E-state index in [2.05, 4.69) is 10.6 Å². The van der Waals surface area contributed by atoms with E-state index in [-0.39, 0.29) is 23.8 Å². The minimum Gasteiger partial charge on any atom is -0.350 e. The van der Waals surface area contributed by atoms with E-state index in [0.717, 1.165) is 5.56 Å². The van der Waals surface area contributed by atoms with Gasteiger partial charge < -0.3 is 16.4 Å². The second-order valence-electron chi connectivity index (χ2n) is 5.28. The summed E-state index contributed by atoms with van der Waals surface area (Å²) in [5.41, 5.74) is 7.60. The quantitative estimate of drug-likeness (QED) is 0.765. The Kier molecular flexibility index (Phi) is 5.70. The highest BCUT2D eigenvalue weighted by atomic mass is 16.2. The number of rotatable bonds is 5. The van der Waals surface area contributed by atoms with Gasteiger partial charge in [0.05, 0.1) is 0 Å². The van der Waals surface area contributed by atoms with Crippen molar-refractivity contribution in [2.45, 2.75) is 33.7 Å². The van der Waals surface area contributed by atoms with E-state index < -0.39 is 0 Å². The first kappa shape index (κ1) is 16.2. The van der Waals surface area contributed by atoms with E-state index in [4.69, 9.17) is 5.73 Å². The topological polar surface area (TPSA) is 84.2 Å². The average Bonchev–Trinajstić information content (AvgIpc) is 2.39. The summed E-state index contributed by atoms with van der Waals surface area (Å²) in [4.78, 5) is 23.7. The minimum absolute atomic E-state index is 0.0904. The van der Waals surface area contributed by atoms with Crippen molar-refractivity contribution < 1.29 is 9.59 Å². The van der Waals surface area contributed by atoms with Gasteiger partial charge in [0, 0.05) is 29.8 Å². The molecular weight excluding hydrogens is 254 g/mol. The lowest BCUT2D eigenvalue weighted by atomic mass is 10.1. The number of amides is 2. The van der Waals surface area contributed by atoms with Crippen LogP contribution in [0.5, 0.6) is 0 Å². The fourth-order valence-electron chi connectivity index (χ4n) is 1.65. The van der Waals surface area contributed by atoms with Gasteiger partial charge in [-0.15, -0.1) is 0 Å². The van der Waals surface area contributed by atoms with Crippen LogP contribution in [0.15, 0.2) is 18.2 Å². The Labute approximate surface area is 119 Å². The van der Waals surface area contributed by atoms with Crippen LogP contribution in [0.4, 0.5) is 5.69 Å². The average molecular weight is 277 g/mol. The van der Waals surface area contributed by atoms with Crippen LogP contribution in [0.3, 0.4) is 0 Å². The molecule has 0 radical (unpaired) electrons. The molecule has 1 unspecified atom stereocenters. The SMILES string of the molecule is Cc1cc(C(=O)NC(C)C)ccc1NC(=O)C(C)CN. The molecule has 4 N–H and O–H groups in total. The highest BCUT2D eigenvalue weighted by Gasteiger charge is 2.13. The highest BCUT2D eigenvalue weighted by Crippen LogP contribution is 2.17. The van der Waals surface area contributed by atoms with E-state index in [1.54, 1.807) is 25.1 Å². The fourth-order valence-corrected chi connectivity index (χ4v) is 1.65. The van der Waals surface area contributed by atoms with Crippen molar-refractivity contribution in [1.29, 1.82) is 0 Å². The number of hydrogen-bond donors (Lipinski definition) is 3. The lowest BCUT2D eigenvalue weighted by Crippen LogP contribution is -2.30. The van der Waals surface area contributed by atoms with Crippen molar-refractivity contribution in [3.63, 3.8) is 0 Å². The van der Waals surface area contributed by atoms with Crippen LogP contribution >= 0.6 is 0 Å². The Bertz CT molecular complexity index is 498. The number of carbonyl (C=O) groups excluding carboxylic acids is 2. The molecular formula is C15H23N3O2. The third-order valence-corrected chi connectivity index (χ3v) is 2.97. The number of nitrogens with two attached hydrogens (primary N) is 1. The molecule has 1 atom stereocenters. The number of anilines is 1. The largest absolute Gasteiger partial charge is 0.350 e. The molecule has 0 bridgehead atoms. The number of aryl methyl sites for hydroxylation is 1. The smallest absolute Gasteiger partial charge is 0.251 e. The maximum Gasteiger partial charge on any atom is 0.251 e. The van der Waals surface area contributed by atoms with Gasteiger partial charge in [-0.1, -0.05) is 6.92 Å². The van der Waals surface area contributed by atoms with Gasteiger partial charge in [0.1, 0.15) is 0 Å². The van der Waals surface area contributed by atoms with Crippen molar-refractivity contribution in [1.82, 2.24) is 5.32 Å². The molecule has 0 aliphatic rings. The molecule has 0 fully saturated rings. The number of hydrogen-bond acceptors (Lipinski definition) is 3. The van der Waals surface area contributed by atoms with Gasteiger partial charge in [-0.05, 0) is 44.5 Å². The van der Waals surface area contributed by atoms with Crippen molar-refractivity contribution in [3.05, 3.63) is 29.3 Å². The molecule has 0 aliphatic carbocycles. The van der Waals surface area contributed by atoms with Gasteiger partial charge in [-0.2, -0.15) is 0 Å². The lowest BCUT2D eigenvalue weighted by Gasteiger charge is -2.14. The molecule has 1 aromatic carbocycles. The zero-order valence-electron chi connectivity index (χ0n) is 12.5. The summed E-state index contributed by atoms with van der Waals surface area (Å²) in [6, 6.07) is 5.30. The summed E-state index contributed by atoms with van der Waals surface area (Å²) in [7, 11) is 0. The second-order valence-corrected chi connectivity index (χ2v) is 5.28. The zero-order valence-corrected chi connectivity index (χ0v) is 12.5. The van der Waals surface area contributed by atoms with Crippen LogP contribution in [0, 0.1) is 12.8 Å². The first-order chi connectivity index (χ1) is 9.35. The van der Waals surface area contributed by atoms with Gasteiger partial charge in [0.15, 0.2) is 0 Å². The van der Waals surface area contributed by atoms with Crippen molar-refractivity contribution in [2.24, 2.45) is 11.7 Å². The Morgan fingerprint density at radius 2 is 1.90 bits per heavy atom. The first-order valence-corrected chi connectivity index (χ1v) is 6.77. The second kappa shape index (κ2) is 7.05. The Hall–Kier alpha value is -1.88. The number of carbonyl (C=O) groups is 2. The highest BCUT2D eigenvalue weighted by molar-refractivity contribution is 5.97. The van der Waals surface area contributed by atoms with Crippen LogP contribution in [0.1, 0.15) is 36.7 Å². The first-order valence-electron chi connectivity index (χ1n) is 6.77. The van der Waals surface area contributed by atoms with Gasteiger partial charge in [-0.3, -0.25) is 9.59 Å². The monoisotopic (exact) mass is 277 g/mol. The third-order valence-electron chi connectivity index (χ3n) is 2.97. The van der Waals surface area contributed by atoms with Crippen molar-refractivity contribution in [2.75, 3.05) is 11.9 Å². The molecule has 2 amide bonds. The molecule has 20 heavy (non-hydrogen) atoms. The number of nitrogens with one attached hydrogen (secondary N) is 2. The molecule has 0 aromatic heterocycles. The van der Waals surface area contributed by atoms with Gasteiger partial charge in [0.25, 0.3) is 5.91 Å². The molecule has 0 spiro atoms. The minimum atomic E-state index is -0.238. The van der Waals surface area contributed by atoms with E-state index in [1.807, 2.05) is 20.8 Å². The summed E-state index contributed by atoms with van der Waals surface area (Å²) in [5, 5.41) is 5.65. The predicted octanol–water partition coefficient (Wildman–Crippen LogP) is 1.67.